The van der Waals surface area contributed by atoms with Crippen LogP contribution in [0.4, 0.5) is 5.82 Å². The third-order valence-electron chi connectivity index (χ3n) is 6.05. The molecule has 0 spiro atoms. The number of allylic oxidation sites excluding steroid dienone is 3. The number of amides is 1. The second kappa shape index (κ2) is 11.1. The number of rotatable bonds is 9. The maximum absolute atomic E-state index is 12.8. The monoisotopic (exact) mass is 434 g/mol. The number of ether oxygens (including phenoxy) is 1. The molecule has 170 valence electrons. The number of likely N-dealkylation sites (tertiary alicyclic amines) is 1. The van der Waals surface area contributed by atoms with Gasteiger partial charge in [0.15, 0.2) is 0 Å². The number of aromatic nitrogens is 1. The van der Waals surface area contributed by atoms with Crippen LogP contribution in [0.25, 0.3) is 16.5 Å². The van der Waals surface area contributed by atoms with Gasteiger partial charge in [0.2, 0.25) is 5.91 Å². The number of piperidine rings is 1. The van der Waals surface area contributed by atoms with Gasteiger partial charge in [0, 0.05) is 49.6 Å². The van der Waals surface area contributed by atoms with Crippen molar-refractivity contribution in [2.75, 3.05) is 45.7 Å². The van der Waals surface area contributed by atoms with Crippen molar-refractivity contribution in [2.45, 2.75) is 19.8 Å². The predicted octanol–water partition coefficient (Wildman–Crippen LogP) is 4.52. The van der Waals surface area contributed by atoms with Crippen molar-refractivity contribution in [3.05, 3.63) is 67.0 Å². The molecule has 6 heteroatoms. The van der Waals surface area contributed by atoms with Gasteiger partial charge in [-0.15, -0.1) is 0 Å². The summed E-state index contributed by atoms with van der Waals surface area (Å²) in [6, 6.07) is 8.16. The minimum absolute atomic E-state index is 0.0176. The Balaban J connectivity index is 1.73. The van der Waals surface area contributed by atoms with Crippen LogP contribution in [0.5, 0.6) is 0 Å². The van der Waals surface area contributed by atoms with Crippen LogP contribution in [-0.2, 0) is 9.53 Å². The van der Waals surface area contributed by atoms with E-state index in [1.54, 1.807) is 19.4 Å². The lowest BCUT2D eigenvalue weighted by atomic mass is 9.96. The van der Waals surface area contributed by atoms with Gasteiger partial charge in [0.05, 0.1) is 6.61 Å². The number of fused-ring (bicyclic) bond motifs is 1. The quantitative estimate of drug-likeness (QED) is 0.588. The first kappa shape index (κ1) is 23.7. The molecule has 0 radical (unpaired) electrons. The highest BCUT2D eigenvalue weighted by Gasteiger charge is 2.25. The highest BCUT2D eigenvalue weighted by Crippen LogP contribution is 2.27. The summed E-state index contributed by atoms with van der Waals surface area (Å²) >= 11 is 0. The Hall–Kier alpha value is -2.96. The Labute approximate surface area is 191 Å². The van der Waals surface area contributed by atoms with Crippen molar-refractivity contribution in [1.82, 2.24) is 14.8 Å². The second-order valence-electron chi connectivity index (χ2n) is 8.31. The van der Waals surface area contributed by atoms with Gasteiger partial charge >= 0.3 is 0 Å². The van der Waals surface area contributed by atoms with Crippen LogP contribution in [-0.4, -0.2) is 61.1 Å². The molecule has 32 heavy (non-hydrogen) atoms. The molecule has 1 aliphatic heterocycles. The molecule has 0 atom stereocenters. The standard InChI is InChI=1S/C26H34N4O2/c1-6-7-24(29(4)19(2)3)21-8-9-22-18-27-25(17-23(22)16-21)28-26(31)20-10-12-30(13-11-20)14-15-32-5/h6-9,16-18,20H,1-2,10-15H2,3-5H3,(H,27,28,31)/b24-7-. The topological polar surface area (TPSA) is 57.7 Å². The first-order valence-corrected chi connectivity index (χ1v) is 11.1. The van der Waals surface area contributed by atoms with Gasteiger partial charge in [-0.05, 0) is 62.0 Å². The molecular weight excluding hydrogens is 400 g/mol. The average Bonchev–Trinajstić information content (AvgIpc) is 2.80. The molecule has 0 bridgehead atoms. The predicted molar refractivity (Wildman–Crippen MR) is 132 cm³/mol. The van der Waals surface area contributed by atoms with Crippen molar-refractivity contribution >= 4 is 28.2 Å². The molecular formula is C26H34N4O2. The Morgan fingerprint density at radius 3 is 2.72 bits per heavy atom. The summed E-state index contributed by atoms with van der Waals surface area (Å²) in [4.78, 5) is 21.7. The van der Waals surface area contributed by atoms with E-state index in [-0.39, 0.29) is 11.8 Å². The van der Waals surface area contributed by atoms with Gasteiger partial charge in [-0.25, -0.2) is 4.98 Å². The molecule has 0 saturated carbocycles. The maximum atomic E-state index is 12.8. The molecule has 1 aromatic carbocycles. The minimum atomic E-state index is 0.0176. The van der Waals surface area contributed by atoms with Crippen molar-refractivity contribution in [2.24, 2.45) is 5.92 Å². The highest BCUT2D eigenvalue weighted by atomic mass is 16.5. The fourth-order valence-corrected chi connectivity index (χ4v) is 3.96. The molecule has 0 aliphatic carbocycles. The lowest BCUT2D eigenvalue weighted by molar-refractivity contribution is -0.121. The largest absolute Gasteiger partial charge is 0.383 e. The molecule has 1 saturated heterocycles. The first-order valence-electron chi connectivity index (χ1n) is 11.1. The Kier molecular flexibility index (Phi) is 8.20. The summed E-state index contributed by atoms with van der Waals surface area (Å²) in [5.74, 6) is 0.654. The van der Waals surface area contributed by atoms with E-state index < -0.39 is 0 Å². The number of carbonyl (C=O) groups excluding carboxylic acids is 1. The number of hydrogen-bond acceptors (Lipinski definition) is 5. The summed E-state index contributed by atoms with van der Waals surface area (Å²) in [5.41, 5.74) is 3.00. The molecule has 0 unspecified atom stereocenters. The fraction of sp³-hybridized carbons (Fsp3) is 0.385. The van der Waals surface area contributed by atoms with E-state index in [4.69, 9.17) is 4.74 Å². The van der Waals surface area contributed by atoms with E-state index >= 15 is 0 Å². The van der Waals surface area contributed by atoms with Gasteiger partial charge in [-0.1, -0.05) is 31.4 Å². The summed E-state index contributed by atoms with van der Waals surface area (Å²) in [5, 5.41) is 5.07. The van der Waals surface area contributed by atoms with E-state index in [9.17, 15) is 4.79 Å². The van der Waals surface area contributed by atoms with E-state index in [0.29, 0.717) is 5.82 Å². The molecule has 6 nitrogen and oxygen atoms in total. The van der Waals surface area contributed by atoms with E-state index in [1.165, 1.54) is 0 Å². The van der Waals surface area contributed by atoms with Crippen LogP contribution in [0, 0.1) is 5.92 Å². The van der Waals surface area contributed by atoms with Crippen LogP contribution in [0.15, 0.2) is 61.5 Å². The molecule has 3 rings (SSSR count). The van der Waals surface area contributed by atoms with Crippen molar-refractivity contribution in [3.63, 3.8) is 0 Å². The van der Waals surface area contributed by atoms with Gasteiger partial charge in [-0.3, -0.25) is 4.79 Å². The molecule has 1 amide bonds. The Morgan fingerprint density at radius 2 is 2.06 bits per heavy atom. The molecule has 2 heterocycles. The van der Waals surface area contributed by atoms with Crippen LogP contribution in [0.3, 0.4) is 0 Å². The van der Waals surface area contributed by atoms with Crippen molar-refractivity contribution < 1.29 is 9.53 Å². The number of pyridine rings is 1. The van der Waals surface area contributed by atoms with Crippen LogP contribution >= 0.6 is 0 Å². The zero-order valence-corrected chi connectivity index (χ0v) is 19.4. The summed E-state index contributed by atoms with van der Waals surface area (Å²) < 4.78 is 5.15. The number of benzene rings is 1. The zero-order chi connectivity index (χ0) is 23.1. The Bertz CT molecular complexity index is 1010. The van der Waals surface area contributed by atoms with Crippen molar-refractivity contribution in [3.8, 4) is 0 Å². The Morgan fingerprint density at radius 1 is 1.31 bits per heavy atom. The highest BCUT2D eigenvalue weighted by molar-refractivity contribution is 5.94. The number of carbonyl (C=O) groups is 1. The smallest absolute Gasteiger partial charge is 0.228 e. The minimum Gasteiger partial charge on any atom is -0.383 e. The second-order valence-corrected chi connectivity index (χ2v) is 8.31. The first-order chi connectivity index (χ1) is 15.4. The zero-order valence-electron chi connectivity index (χ0n) is 19.4. The third kappa shape index (κ3) is 5.84. The van der Waals surface area contributed by atoms with E-state index in [0.717, 1.165) is 66.8 Å². The maximum Gasteiger partial charge on any atom is 0.228 e. The molecule has 2 aromatic rings. The molecule has 1 aromatic heterocycles. The van der Waals surface area contributed by atoms with E-state index in [1.807, 2.05) is 37.1 Å². The fourth-order valence-electron chi connectivity index (χ4n) is 3.96. The summed E-state index contributed by atoms with van der Waals surface area (Å²) in [6.45, 7) is 13.3. The van der Waals surface area contributed by atoms with Gasteiger partial charge in [-0.2, -0.15) is 0 Å². The number of anilines is 1. The molecule has 1 fully saturated rings. The number of hydrogen-bond donors (Lipinski definition) is 1. The molecule has 1 aliphatic rings. The van der Waals surface area contributed by atoms with Crippen LogP contribution in [0.2, 0.25) is 0 Å². The number of nitrogens with zero attached hydrogens (tertiary/aromatic N) is 3. The van der Waals surface area contributed by atoms with E-state index in [2.05, 4.69) is 40.5 Å². The third-order valence-corrected chi connectivity index (χ3v) is 6.05. The SMILES string of the molecule is C=C/C=C(/c1ccc2cnc(NC(=O)C3CCN(CCOC)CC3)cc2c1)N(C)C(=C)C. The number of nitrogens with one attached hydrogen (secondary N) is 1. The van der Waals surface area contributed by atoms with Crippen molar-refractivity contribution in [1.29, 1.82) is 0 Å². The van der Waals surface area contributed by atoms with Gasteiger partial charge < -0.3 is 19.9 Å². The van der Waals surface area contributed by atoms with Gasteiger partial charge in [0.25, 0.3) is 0 Å². The average molecular weight is 435 g/mol. The van der Waals surface area contributed by atoms with Crippen LogP contribution < -0.4 is 5.32 Å². The van der Waals surface area contributed by atoms with Gasteiger partial charge in [0.1, 0.15) is 5.82 Å². The number of methoxy groups -OCH3 is 1. The van der Waals surface area contributed by atoms with Crippen LogP contribution in [0.1, 0.15) is 25.3 Å². The summed E-state index contributed by atoms with van der Waals surface area (Å²) in [6.07, 6.45) is 7.27. The summed E-state index contributed by atoms with van der Waals surface area (Å²) in [7, 11) is 3.70. The lowest BCUT2D eigenvalue weighted by Crippen LogP contribution is -2.39. The lowest BCUT2D eigenvalue weighted by Gasteiger charge is -2.30. The molecule has 1 N–H and O–H groups in total. The normalized spacial score (nSPS) is 15.5.